The lowest BCUT2D eigenvalue weighted by atomic mass is 10.2. The molecule has 2 aromatic rings. The number of nitrogens with zero attached hydrogens (tertiary/aromatic N) is 2. The topological polar surface area (TPSA) is 56.8 Å². The second kappa shape index (κ2) is 10.2. The largest absolute Gasteiger partial charge is 0.497 e. The van der Waals surface area contributed by atoms with Crippen molar-refractivity contribution in [3.8, 4) is 5.75 Å². The molecule has 156 valence electrons. The molecule has 2 N–H and O–H groups in total. The van der Waals surface area contributed by atoms with Crippen LogP contribution in [0.5, 0.6) is 5.75 Å². The van der Waals surface area contributed by atoms with E-state index in [0.717, 1.165) is 49.7 Å². The molecule has 6 heteroatoms. The Bertz CT molecular complexity index is 768. The molecule has 29 heavy (non-hydrogen) atoms. The number of anilines is 2. The molecule has 2 aromatic carbocycles. The Labute approximate surface area is 173 Å². The van der Waals surface area contributed by atoms with Crippen LogP contribution in [-0.4, -0.2) is 56.7 Å². The third-order valence-electron chi connectivity index (χ3n) is 5.45. The van der Waals surface area contributed by atoms with Crippen molar-refractivity contribution in [1.82, 2.24) is 10.2 Å². The van der Waals surface area contributed by atoms with Gasteiger partial charge in [0.25, 0.3) is 0 Å². The number of amides is 1. The van der Waals surface area contributed by atoms with Crippen LogP contribution >= 0.6 is 0 Å². The number of carbonyl (C=O) groups excluding carboxylic acids is 1. The lowest BCUT2D eigenvalue weighted by molar-refractivity contribution is -0.121. The van der Waals surface area contributed by atoms with Gasteiger partial charge in [-0.25, -0.2) is 0 Å². The summed E-state index contributed by atoms with van der Waals surface area (Å²) in [4.78, 5) is 17.3. The molecule has 0 unspecified atom stereocenters. The summed E-state index contributed by atoms with van der Waals surface area (Å²) in [7, 11) is 1.64. The number of nitrogens with one attached hydrogen (secondary N) is 2. The second-order valence-electron chi connectivity index (χ2n) is 7.40. The number of rotatable bonds is 8. The molecule has 0 aliphatic carbocycles. The van der Waals surface area contributed by atoms with Gasteiger partial charge in [0.15, 0.2) is 0 Å². The number of methoxy groups -OCH3 is 1. The Kier molecular flexibility index (Phi) is 7.36. The zero-order valence-electron chi connectivity index (χ0n) is 17.6. The maximum atomic E-state index is 12.4. The van der Waals surface area contributed by atoms with Gasteiger partial charge >= 0.3 is 0 Å². The van der Waals surface area contributed by atoms with Crippen LogP contribution in [0.2, 0.25) is 0 Å². The van der Waals surface area contributed by atoms with Gasteiger partial charge in [-0.1, -0.05) is 19.1 Å². The summed E-state index contributed by atoms with van der Waals surface area (Å²) >= 11 is 0. The first-order chi connectivity index (χ1) is 14.1. The quantitative estimate of drug-likeness (QED) is 0.719. The Morgan fingerprint density at radius 3 is 2.28 bits per heavy atom. The molecule has 1 atom stereocenters. The molecule has 0 saturated carbocycles. The molecule has 1 amide bonds. The predicted molar refractivity (Wildman–Crippen MR) is 119 cm³/mol. The molecular formula is C23H32N4O2. The van der Waals surface area contributed by atoms with Crippen molar-refractivity contribution in [2.24, 2.45) is 0 Å². The van der Waals surface area contributed by atoms with Crippen LogP contribution in [0.25, 0.3) is 0 Å². The van der Waals surface area contributed by atoms with Crippen LogP contribution in [0.15, 0.2) is 48.5 Å². The highest BCUT2D eigenvalue weighted by Gasteiger charge is 2.16. The Morgan fingerprint density at radius 2 is 1.69 bits per heavy atom. The predicted octanol–water partition coefficient (Wildman–Crippen LogP) is 2.95. The maximum absolute atomic E-state index is 12.4. The fourth-order valence-electron chi connectivity index (χ4n) is 3.49. The Morgan fingerprint density at radius 1 is 1.03 bits per heavy atom. The van der Waals surface area contributed by atoms with Gasteiger partial charge < -0.3 is 25.2 Å². The minimum atomic E-state index is -0.313. The fourth-order valence-corrected chi connectivity index (χ4v) is 3.49. The lowest BCUT2D eigenvalue weighted by Gasteiger charge is -2.35. The Balaban J connectivity index is 1.46. The summed E-state index contributed by atoms with van der Waals surface area (Å²) in [5.74, 6) is 0.784. The first-order valence-electron chi connectivity index (χ1n) is 10.3. The van der Waals surface area contributed by atoms with Crippen molar-refractivity contribution in [3.05, 3.63) is 54.1 Å². The van der Waals surface area contributed by atoms with E-state index in [0.29, 0.717) is 6.54 Å². The van der Waals surface area contributed by atoms with E-state index in [-0.39, 0.29) is 11.9 Å². The van der Waals surface area contributed by atoms with E-state index in [4.69, 9.17) is 4.74 Å². The lowest BCUT2D eigenvalue weighted by Crippen LogP contribution is -2.46. The number of hydrogen-bond acceptors (Lipinski definition) is 5. The normalized spacial score (nSPS) is 15.6. The summed E-state index contributed by atoms with van der Waals surface area (Å²) in [5, 5.41) is 6.26. The number of carbonyl (C=O) groups is 1. The van der Waals surface area contributed by atoms with Crippen molar-refractivity contribution < 1.29 is 9.53 Å². The molecule has 1 heterocycles. The summed E-state index contributed by atoms with van der Waals surface area (Å²) in [6, 6.07) is 15.8. The monoisotopic (exact) mass is 396 g/mol. The van der Waals surface area contributed by atoms with Gasteiger partial charge in [-0.2, -0.15) is 0 Å². The van der Waals surface area contributed by atoms with Crippen molar-refractivity contribution in [1.29, 1.82) is 0 Å². The standard InChI is InChI=1S/C23H32N4O2/c1-4-26-13-15-27(16-14-26)21-9-7-20(8-10-21)25-18(2)23(28)24-17-19-5-11-22(29-3)12-6-19/h5-12,18,25H,4,13-17H2,1-3H3,(H,24,28)/t18-/m0/s1. The molecule has 0 spiro atoms. The van der Waals surface area contributed by atoms with E-state index < -0.39 is 0 Å². The van der Waals surface area contributed by atoms with Crippen molar-refractivity contribution >= 4 is 17.3 Å². The zero-order valence-corrected chi connectivity index (χ0v) is 17.6. The minimum Gasteiger partial charge on any atom is -0.497 e. The SMILES string of the molecule is CCN1CCN(c2ccc(N[C@@H](C)C(=O)NCc3ccc(OC)cc3)cc2)CC1. The number of ether oxygens (including phenoxy) is 1. The molecular weight excluding hydrogens is 364 g/mol. The third-order valence-corrected chi connectivity index (χ3v) is 5.45. The molecule has 1 aliphatic rings. The smallest absolute Gasteiger partial charge is 0.242 e. The van der Waals surface area contributed by atoms with Crippen LogP contribution in [0.4, 0.5) is 11.4 Å². The molecule has 3 rings (SSSR count). The van der Waals surface area contributed by atoms with Gasteiger partial charge in [-0.15, -0.1) is 0 Å². The molecule has 0 aromatic heterocycles. The van der Waals surface area contributed by atoms with Gasteiger partial charge in [-0.3, -0.25) is 4.79 Å². The first kappa shape index (κ1) is 21.0. The molecule has 6 nitrogen and oxygen atoms in total. The number of hydrogen-bond donors (Lipinski definition) is 2. The van der Waals surface area contributed by atoms with E-state index in [1.807, 2.05) is 31.2 Å². The number of likely N-dealkylation sites (N-methyl/N-ethyl adjacent to an activating group) is 1. The summed E-state index contributed by atoms with van der Waals surface area (Å²) < 4.78 is 5.15. The van der Waals surface area contributed by atoms with Crippen molar-refractivity contribution in [3.63, 3.8) is 0 Å². The maximum Gasteiger partial charge on any atom is 0.242 e. The number of piperazine rings is 1. The van der Waals surface area contributed by atoms with Crippen LogP contribution < -0.4 is 20.3 Å². The van der Waals surface area contributed by atoms with Gasteiger partial charge in [0.2, 0.25) is 5.91 Å². The molecule has 1 saturated heterocycles. The summed E-state index contributed by atoms with van der Waals surface area (Å²) in [5.41, 5.74) is 3.23. The third kappa shape index (κ3) is 5.87. The van der Waals surface area contributed by atoms with Gasteiger partial charge in [0.1, 0.15) is 11.8 Å². The summed E-state index contributed by atoms with van der Waals surface area (Å²) in [6.07, 6.45) is 0. The number of benzene rings is 2. The Hall–Kier alpha value is -2.73. The van der Waals surface area contributed by atoms with E-state index >= 15 is 0 Å². The highest BCUT2D eigenvalue weighted by molar-refractivity contribution is 5.84. The van der Waals surface area contributed by atoms with Gasteiger partial charge in [-0.05, 0) is 55.4 Å². The van der Waals surface area contributed by atoms with Crippen molar-refractivity contribution in [2.45, 2.75) is 26.4 Å². The second-order valence-corrected chi connectivity index (χ2v) is 7.40. The van der Waals surface area contributed by atoms with Crippen molar-refractivity contribution in [2.75, 3.05) is 50.1 Å². The van der Waals surface area contributed by atoms with Crippen LogP contribution in [-0.2, 0) is 11.3 Å². The zero-order chi connectivity index (χ0) is 20.6. The first-order valence-corrected chi connectivity index (χ1v) is 10.3. The van der Waals surface area contributed by atoms with Gasteiger partial charge in [0.05, 0.1) is 7.11 Å². The van der Waals surface area contributed by atoms with Crippen LogP contribution in [0.1, 0.15) is 19.4 Å². The summed E-state index contributed by atoms with van der Waals surface area (Å²) in [6.45, 7) is 10.1. The van der Waals surface area contributed by atoms with Gasteiger partial charge in [0, 0.05) is 44.1 Å². The van der Waals surface area contributed by atoms with E-state index in [1.165, 1.54) is 5.69 Å². The minimum absolute atomic E-state index is 0.0272. The van der Waals surface area contributed by atoms with E-state index in [9.17, 15) is 4.79 Å². The molecule has 0 radical (unpaired) electrons. The highest BCUT2D eigenvalue weighted by atomic mass is 16.5. The van der Waals surface area contributed by atoms with Crippen LogP contribution in [0.3, 0.4) is 0 Å². The van der Waals surface area contributed by atoms with E-state index in [1.54, 1.807) is 7.11 Å². The fraction of sp³-hybridized carbons (Fsp3) is 0.435. The van der Waals surface area contributed by atoms with Crippen LogP contribution in [0, 0.1) is 0 Å². The molecule has 1 aliphatic heterocycles. The average Bonchev–Trinajstić information content (AvgIpc) is 2.78. The average molecular weight is 397 g/mol. The van der Waals surface area contributed by atoms with E-state index in [2.05, 4.69) is 51.6 Å². The molecule has 1 fully saturated rings. The molecule has 0 bridgehead atoms. The highest BCUT2D eigenvalue weighted by Crippen LogP contribution is 2.20.